The van der Waals surface area contributed by atoms with Gasteiger partial charge in [0, 0.05) is 23.4 Å². The summed E-state index contributed by atoms with van der Waals surface area (Å²) in [4.78, 5) is 15.1. The van der Waals surface area contributed by atoms with Gasteiger partial charge >= 0.3 is 0 Å². The molecule has 2 heterocycles. The van der Waals surface area contributed by atoms with Crippen LogP contribution in [0.2, 0.25) is 0 Å². The van der Waals surface area contributed by atoms with Gasteiger partial charge in [-0.2, -0.15) is 0 Å². The Morgan fingerprint density at radius 2 is 2.31 bits per heavy atom. The molecule has 0 saturated carbocycles. The number of piperidine rings is 1. The maximum absolute atomic E-state index is 12.0. The van der Waals surface area contributed by atoms with E-state index in [1.54, 1.807) is 11.3 Å². The highest BCUT2D eigenvalue weighted by molar-refractivity contribution is 7.10. The molecule has 1 saturated heterocycles. The van der Waals surface area contributed by atoms with E-state index in [1.165, 1.54) is 4.88 Å². The quantitative estimate of drug-likeness (QED) is 0.858. The Morgan fingerprint density at radius 1 is 1.56 bits per heavy atom. The van der Waals surface area contributed by atoms with Gasteiger partial charge < -0.3 is 10.6 Å². The van der Waals surface area contributed by atoms with Gasteiger partial charge in [-0.25, -0.2) is 0 Å². The van der Waals surface area contributed by atoms with Gasteiger partial charge in [-0.3, -0.25) is 4.79 Å². The monoisotopic (exact) mass is 238 g/mol. The molecule has 2 N–H and O–H groups in total. The predicted octanol–water partition coefficient (Wildman–Crippen LogP) is 2.15. The summed E-state index contributed by atoms with van der Waals surface area (Å²) in [5.41, 5.74) is 6.17. The number of likely N-dealkylation sites (tertiary alicyclic amines) is 1. The van der Waals surface area contributed by atoms with Gasteiger partial charge in [0.25, 0.3) is 0 Å². The summed E-state index contributed by atoms with van der Waals surface area (Å²) in [7, 11) is 0. The number of hydrogen-bond acceptors (Lipinski definition) is 3. The van der Waals surface area contributed by atoms with Crippen LogP contribution in [0.25, 0.3) is 0 Å². The van der Waals surface area contributed by atoms with Gasteiger partial charge in [0.05, 0.1) is 6.04 Å². The molecule has 0 aliphatic carbocycles. The minimum atomic E-state index is 0.0683. The van der Waals surface area contributed by atoms with E-state index >= 15 is 0 Å². The normalized spacial score (nSPS) is 26.5. The second kappa shape index (κ2) is 4.55. The average Bonchev–Trinajstić information content (AvgIpc) is 2.73. The summed E-state index contributed by atoms with van der Waals surface area (Å²) >= 11 is 1.68. The minimum absolute atomic E-state index is 0.0683. The van der Waals surface area contributed by atoms with E-state index in [1.807, 2.05) is 16.3 Å². The number of thiophene rings is 1. The molecule has 0 radical (unpaired) electrons. The lowest BCUT2D eigenvalue weighted by atomic mass is 9.94. The number of carbonyl (C=O) groups is 1. The van der Waals surface area contributed by atoms with Crippen LogP contribution in [0.1, 0.15) is 37.6 Å². The summed E-state index contributed by atoms with van der Waals surface area (Å²) in [5, 5.41) is 2.04. The molecule has 1 aromatic rings. The molecule has 1 aliphatic rings. The van der Waals surface area contributed by atoms with Gasteiger partial charge in [0.1, 0.15) is 0 Å². The summed E-state index contributed by atoms with van der Waals surface area (Å²) in [6, 6.07) is 4.44. The topological polar surface area (TPSA) is 46.3 Å². The fourth-order valence-corrected chi connectivity index (χ4v) is 3.25. The third-order valence-corrected chi connectivity index (χ3v) is 4.02. The van der Waals surface area contributed by atoms with Crippen molar-refractivity contribution in [1.29, 1.82) is 0 Å². The Bertz CT molecular complexity index is 361. The van der Waals surface area contributed by atoms with Crippen molar-refractivity contribution in [1.82, 2.24) is 4.90 Å². The van der Waals surface area contributed by atoms with E-state index < -0.39 is 0 Å². The first kappa shape index (κ1) is 11.6. The Balaban J connectivity index is 2.32. The molecule has 1 fully saturated rings. The molecule has 16 heavy (non-hydrogen) atoms. The van der Waals surface area contributed by atoms with Crippen molar-refractivity contribution in [2.24, 2.45) is 5.73 Å². The predicted molar refractivity (Wildman–Crippen MR) is 66.3 cm³/mol. The molecule has 1 amide bonds. The first-order chi connectivity index (χ1) is 7.61. The van der Waals surface area contributed by atoms with Gasteiger partial charge in [0.2, 0.25) is 5.91 Å². The van der Waals surface area contributed by atoms with Crippen molar-refractivity contribution >= 4 is 17.2 Å². The maximum atomic E-state index is 12.0. The lowest BCUT2D eigenvalue weighted by Gasteiger charge is -2.41. The Hall–Kier alpha value is -0.870. The summed E-state index contributed by atoms with van der Waals surface area (Å²) < 4.78 is 0. The summed E-state index contributed by atoms with van der Waals surface area (Å²) in [5.74, 6) is 0.232. The molecule has 1 aromatic heterocycles. The van der Waals surface area contributed by atoms with Crippen molar-refractivity contribution in [3.05, 3.63) is 22.4 Å². The highest BCUT2D eigenvalue weighted by Gasteiger charge is 2.36. The molecular formula is C12H18N2OS. The smallest absolute Gasteiger partial charge is 0.223 e. The van der Waals surface area contributed by atoms with E-state index in [0.717, 1.165) is 6.42 Å². The lowest BCUT2D eigenvalue weighted by Crippen LogP contribution is -2.51. The van der Waals surface area contributed by atoms with Gasteiger partial charge in [0.15, 0.2) is 0 Å². The van der Waals surface area contributed by atoms with Crippen molar-refractivity contribution < 1.29 is 4.79 Å². The van der Waals surface area contributed by atoms with E-state index in [2.05, 4.69) is 19.9 Å². The number of nitrogens with two attached hydrogens (primary N) is 1. The van der Waals surface area contributed by atoms with E-state index in [0.29, 0.717) is 6.42 Å². The van der Waals surface area contributed by atoms with Gasteiger partial charge in [-0.1, -0.05) is 6.07 Å². The first-order valence-electron chi connectivity index (χ1n) is 5.71. The summed E-state index contributed by atoms with van der Waals surface area (Å²) in [6.07, 6.45) is 1.38. The third-order valence-electron chi connectivity index (χ3n) is 3.08. The van der Waals surface area contributed by atoms with Crippen LogP contribution >= 0.6 is 11.3 Å². The molecule has 3 nitrogen and oxygen atoms in total. The summed E-state index contributed by atoms with van der Waals surface area (Å²) in [6.45, 7) is 4.10. The molecule has 2 rings (SSSR count). The van der Waals surface area contributed by atoms with Crippen molar-refractivity contribution in [3.8, 4) is 0 Å². The largest absolute Gasteiger partial charge is 0.331 e. The van der Waals surface area contributed by atoms with E-state index in [4.69, 9.17) is 5.73 Å². The maximum Gasteiger partial charge on any atom is 0.223 e. The zero-order valence-electron chi connectivity index (χ0n) is 9.72. The third kappa shape index (κ3) is 1.99. The van der Waals surface area contributed by atoms with Crippen LogP contribution in [0, 0.1) is 0 Å². The second-order valence-electron chi connectivity index (χ2n) is 4.56. The van der Waals surface area contributed by atoms with Crippen LogP contribution in [0.15, 0.2) is 17.5 Å². The average molecular weight is 238 g/mol. The van der Waals surface area contributed by atoms with Crippen LogP contribution in [-0.4, -0.2) is 22.9 Å². The minimum Gasteiger partial charge on any atom is -0.331 e. The zero-order chi connectivity index (χ0) is 11.7. The lowest BCUT2D eigenvalue weighted by molar-refractivity contribution is -0.139. The van der Waals surface area contributed by atoms with Crippen LogP contribution in [-0.2, 0) is 4.79 Å². The van der Waals surface area contributed by atoms with E-state index in [-0.39, 0.29) is 24.0 Å². The Kier molecular flexibility index (Phi) is 3.30. The van der Waals surface area contributed by atoms with Crippen LogP contribution in [0.3, 0.4) is 0 Å². The Morgan fingerprint density at radius 3 is 2.88 bits per heavy atom. The van der Waals surface area contributed by atoms with E-state index in [9.17, 15) is 4.79 Å². The van der Waals surface area contributed by atoms with Crippen LogP contribution in [0.5, 0.6) is 0 Å². The molecular weight excluding hydrogens is 220 g/mol. The molecule has 88 valence electrons. The number of amides is 1. The van der Waals surface area contributed by atoms with Crippen molar-refractivity contribution in [2.45, 2.75) is 44.8 Å². The van der Waals surface area contributed by atoms with Crippen LogP contribution < -0.4 is 5.73 Å². The molecule has 0 spiro atoms. The number of rotatable bonds is 2. The molecule has 0 aromatic carbocycles. The number of nitrogens with zero attached hydrogens (tertiary/aromatic N) is 1. The molecule has 1 aliphatic heterocycles. The zero-order valence-corrected chi connectivity index (χ0v) is 10.5. The van der Waals surface area contributed by atoms with Crippen molar-refractivity contribution in [2.75, 3.05) is 0 Å². The van der Waals surface area contributed by atoms with Gasteiger partial charge in [-0.05, 0) is 31.7 Å². The molecule has 2 unspecified atom stereocenters. The van der Waals surface area contributed by atoms with Crippen molar-refractivity contribution in [3.63, 3.8) is 0 Å². The second-order valence-corrected chi connectivity index (χ2v) is 5.54. The Labute approximate surface area is 100 Å². The van der Waals surface area contributed by atoms with Crippen LogP contribution in [0.4, 0.5) is 0 Å². The first-order valence-corrected chi connectivity index (χ1v) is 6.59. The highest BCUT2D eigenvalue weighted by atomic mass is 32.1. The van der Waals surface area contributed by atoms with Gasteiger partial charge in [-0.15, -0.1) is 11.3 Å². The molecule has 0 bridgehead atoms. The fraction of sp³-hybridized carbons (Fsp3) is 0.583. The number of carbonyl (C=O) groups excluding carboxylic acids is 1. The SMILES string of the molecule is CC(C)N1C(=O)CCC(N)C1c1cccs1. The highest BCUT2D eigenvalue weighted by Crippen LogP contribution is 2.34. The standard InChI is InChI=1S/C12H18N2OS/c1-8(2)14-11(15)6-5-9(13)12(14)10-4-3-7-16-10/h3-4,7-9,12H,5-6,13H2,1-2H3. The molecule has 2 atom stereocenters. The fourth-order valence-electron chi connectivity index (χ4n) is 2.36. The molecule has 4 heteroatoms. The number of hydrogen-bond donors (Lipinski definition) is 1.